The maximum Gasteiger partial charge on any atom is 0.269 e. The number of fused-ring (bicyclic) bond motifs is 2. The van der Waals surface area contributed by atoms with Crippen molar-refractivity contribution in [3.63, 3.8) is 0 Å². The van der Waals surface area contributed by atoms with Gasteiger partial charge in [-0.05, 0) is 30.8 Å². The molecule has 1 amide bonds. The van der Waals surface area contributed by atoms with Gasteiger partial charge in [0.2, 0.25) is 5.91 Å². The molecule has 2 aliphatic heterocycles. The highest BCUT2D eigenvalue weighted by Gasteiger charge is 2.64. The summed E-state index contributed by atoms with van der Waals surface area (Å²) >= 11 is 0. The van der Waals surface area contributed by atoms with Gasteiger partial charge in [0.25, 0.3) is 5.69 Å². The van der Waals surface area contributed by atoms with E-state index in [0.717, 1.165) is 0 Å². The number of nitro groups is 1. The summed E-state index contributed by atoms with van der Waals surface area (Å²) in [6.07, 6.45) is 0. The summed E-state index contributed by atoms with van der Waals surface area (Å²) in [4.78, 5) is 40.2. The fraction of sp³-hybridized carbons (Fsp3) is 0.200. The van der Waals surface area contributed by atoms with Gasteiger partial charge < -0.3 is 5.32 Å². The molecule has 3 aromatic carbocycles. The number of likely N-dealkylation sites (N-methyl/N-ethyl adjacent to an activating group) is 1. The molecule has 5 rings (SSSR count). The van der Waals surface area contributed by atoms with Crippen molar-refractivity contribution in [3.05, 3.63) is 105 Å². The zero-order valence-corrected chi connectivity index (χ0v) is 17.7. The molecule has 7 nitrogen and oxygen atoms in total. The van der Waals surface area contributed by atoms with Crippen LogP contribution in [0.15, 0.2) is 72.8 Å². The van der Waals surface area contributed by atoms with E-state index < -0.39 is 34.0 Å². The SMILES string of the molecule is CN1C[C@H](c2cccc([N+](=O)[O-])c2)[C@@H](C(=O)c2ccccc2)[C@@]12C(=O)Nc1ccc(F)cc12. The molecule has 1 saturated heterocycles. The van der Waals surface area contributed by atoms with E-state index in [1.165, 1.54) is 30.3 Å². The van der Waals surface area contributed by atoms with Crippen LogP contribution in [0, 0.1) is 21.8 Å². The molecule has 166 valence electrons. The Morgan fingerprint density at radius 2 is 1.88 bits per heavy atom. The monoisotopic (exact) mass is 445 g/mol. The Morgan fingerprint density at radius 3 is 2.61 bits per heavy atom. The fourth-order valence-electron chi connectivity index (χ4n) is 5.36. The van der Waals surface area contributed by atoms with Crippen LogP contribution in [0.3, 0.4) is 0 Å². The highest BCUT2D eigenvalue weighted by molar-refractivity contribution is 6.12. The summed E-state index contributed by atoms with van der Waals surface area (Å²) in [5.41, 5.74) is 0.324. The molecule has 3 atom stereocenters. The standard InChI is InChI=1S/C25H20FN3O4/c1-28-14-19(16-8-5-9-18(12-16)29(32)33)22(23(30)15-6-3-2-4-7-15)25(28)20-13-17(26)10-11-21(20)27-24(25)31/h2-13,19,22H,14H2,1H3,(H,27,31)/t19-,22+,25+/m1/s1. The molecule has 8 heteroatoms. The van der Waals surface area contributed by atoms with Crippen LogP contribution in [-0.4, -0.2) is 35.1 Å². The number of hydrogen-bond donors (Lipinski definition) is 1. The molecule has 0 bridgehead atoms. The van der Waals surface area contributed by atoms with Crippen LogP contribution in [0.1, 0.15) is 27.4 Å². The van der Waals surface area contributed by atoms with Crippen molar-refractivity contribution in [2.75, 3.05) is 18.9 Å². The minimum atomic E-state index is -1.44. The lowest BCUT2D eigenvalue weighted by molar-refractivity contribution is -0.384. The van der Waals surface area contributed by atoms with E-state index in [1.807, 2.05) is 0 Å². The molecule has 0 radical (unpaired) electrons. The predicted molar refractivity (Wildman–Crippen MR) is 119 cm³/mol. The molecule has 33 heavy (non-hydrogen) atoms. The van der Waals surface area contributed by atoms with Crippen LogP contribution in [0.4, 0.5) is 15.8 Å². The number of halogens is 1. The molecule has 0 saturated carbocycles. The van der Waals surface area contributed by atoms with Crippen molar-refractivity contribution >= 4 is 23.1 Å². The van der Waals surface area contributed by atoms with Gasteiger partial charge >= 0.3 is 0 Å². The lowest BCUT2D eigenvalue weighted by Gasteiger charge is -2.35. The zero-order valence-electron chi connectivity index (χ0n) is 17.7. The Morgan fingerprint density at radius 1 is 1.12 bits per heavy atom. The molecule has 2 heterocycles. The number of benzene rings is 3. The number of anilines is 1. The van der Waals surface area contributed by atoms with E-state index in [9.17, 15) is 24.1 Å². The van der Waals surface area contributed by atoms with Crippen LogP contribution in [0.2, 0.25) is 0 Å². The average Bonchev–Trinajstić information content (AvgIpc) is 3.29. The summed E-state index contributed by atoms with van der Waals surface area (Å²) in [5, 5.41) is 14.2. The van der Waals surface area contributed by atoms with E-state index in [-0.39, 0.29) is 18.0 Å². The minimum Gasteiger partial charge on any atom is -0.324 e. The molecule has 2 aliphatic rings. The normalized spacial score (nSPS) is 24.0. The lowest BCUT2D eigenvalue weighted by Crippen LogP contribution is -2.51. The maximum absolute atomic E-state index is 14.3. The topological polar surface area (TPSA) is 92.5 Å². The van der Waals surface area contributed by atoms with Crippen LogP contribution in [0.25, 0.3) is 0 Å². The average molecular weight is 445 g/mol. The van der Waals surface area contributed by atoms with Crippen LogP contribution in [0.5, 0.6) is 0 Å². The maximum atomic E-state index is 14.3. The number of hydrogen-bond acceptors (Lipinski definition) is 5. The number of likely N-dealkylation sites (tertiary alicyclic amines) is 1. The van der Waals surface area contributed by atoms with Crippen LogP contribution in [-0.2, 0) is 10.3 Å². The summed E-state index contributed by atoms with van der Waals surface area (Å²) in [6, 6.07) is 18.8. The Kier molecular flexibility index (Phi) is 4.83. The Hall–Kier alpha value is -3.91. The van der Waals surface area contributed by atoms with E-state index >= 15 is 0 Å². The second kappa shape index (κ2) is 7.60. The van der Waals surface area contributed by atoms with E-state index in [0.29, 0.717) is 22.4 Å². The van der Waals surface area contributed by atoms with E-state index in [4.69, 9.17) is 0 Å². The second-order valence-electron chi connectivity index (χ2n) is 8.46. The quantitative estimate of drug-likeness (QED) is 0.371. The van der Waals surface area contributed by atoms with Crippen molar-refractivity contribution in [2.45, 2.75) is 11.5 Å². The third-order valence-corrected chi connectivity index (χ3v) is 6.76. The van der Waals surface area contributed by atoms with Gasteiger partial charge in [-0.1, -0.05) is 42.5 Å². The first-order valence-corrected chi connectivity index (χ1v) is 10.5. The number of nitrogens with one attached hydrogen (secondary N) is 1. The number of amides is 1. The first-order valence-electron chi connectivity index (χ1n) is 10.5. The number of carbonyl (C=O) groups excluding carboxylic acids is 2. The smallest absolute Gasteiger partial charge is 0.269 e. The van der Waals surface area contributed by atoms with Gasteiger partial charge in [-0.3, -0.25) is 24.6 Å². The van der Waals surface area contributed by atoms with E-state index in [1.54, 1.807) is 54.4 Å². The molecule has 1 fully saturated rings. The lowest BCUT2D eigenvalue weighted by atomic mass is 9.70. The predicted octanol–water partition coefficient (Wildman–Crippen LogP) is 4.11. The molecular formula is C25H20FN3O4. The molecule has 1 spiro atoms. The van der Waals surface area contributed by atoms with Gasteiger partial charge in [-0.2, -0.15) is 0 Å². The molecule has 1 N–H and O–H groups in total. The van der Waals surface area contributed by atoms with Gasteiger partial charge in [0.15, 0.2) is 5.78 Å². The molecule has 0 aromatic heterocycles. The van der Waals surface area contributed by atoms with Crippen molar-refractivity contribution in [2.24, 2.45) is 5.92 Å². The fourth-order valence-corrected chi connectivity index (χ4v) is 5.36. The highest BCUT2D eigenvalue weighted by atomic mass is 19.1. The van der Waals surface area contributed by atoms with Crippen LogP contribution < -0.4 is 5.32 Å². The number of nitro benzene ring substituents is 1. The van der Waals surface area contributed by atoms with E-state index in [2.05, 4.69) is 5.32 Å². The zero-order chi connectivity index (χ0) is 23.3. The second-order valence-corrected chi connectivity index (χ2v) is 8.46. The Bertz CT molecular complexity index is 1300. The largest absolute Gasteiger partial charge is 0.324 e. The van der Waals surface area contributed by atoms with Crippen molar-refractivity contribution < 1.29 is 18.9 Å². The first-order chi connectivity index (χ1) is 15.8. The van der Waals surface area contributed by atoms with Gasteiger partial charge in [0.05, 0.1) is 10.8 Å². The summed E-state index contributed by atoms with van der Waals surface area (Å²) in [5.74, 6) is -2.64. The summed E-state index contributed by atoms with van der Waals surface area (Å²) < 4.78 is 14.3. The summed E-state index contributed by atoms with van der Waals surface area (Å²) in [7, 11) is 1.72. The number of carbonyl (C=O) groups is 2. The third kappa shape index (κ3) is 3.06. The molecule has 3 aromatic rings. The first kappa shape index (κ1) is 21.0. The summed E-state index contributed by atoms with van der Waals surface area (Å²) in [6.45, 7) is 0.285. The van der Waals surface area contributed by atoms with Crippen LogP contribution >= 0.6 is 0 Å². The molecule has 0 unspecified atom stereocenters. The third-order valence-electron chi connectivity index (χ3n) is 6.76. The Balaban J connectivity index is 1.74. The minimum absolute atomic E-state index is 0.0932. The Labute approximate surface area is 189 Å². The highest BCUT2D eigenvalue weighted by Crippen LogP contribution is 2.55. The number of non-ortho nitro benzene ring substituents is 1. The molecule has 0 aliphatic carbocycles. The number of ketones is 1. The van der Waals surface area contributed by atoms with Gasteiger partial charge in [-0.25, -0.2) is 4.39 Å². The number of nitrogens with zero attached hydrogens (tertiary/aromatic N) is 2. The van der Waals surface area contributed by atoms with Crippen molar-refractivity contribution in [3.8, 4) is 0 Å². The van der Waals surface area contributed by atoms with Gasteiger partial charge in [0.1, 0.15) is 11.4 Å². The van der Waals surface area contributed by atoms with Crippen molar-refractivity contribution in [1.82, 2.24) is 4.90 Å². The van der Waals surface area contributed by atoms with Crippen molar-refractivity contribution in [1.29, 1.82) is 0 Å². The number of Topliss-reactive ketones (excluding diaryl/α,β-unsaturated/α-hetero) is 1. The molecular weight excluding hydrogens is 425 g/mol. The number of rotatable bonds is 4. The van der Waals surface area contributed by atoms with Gasteiger partial charge in [0, 0.05) is 41.4 Å². The van der Waals surface area contributed by atoms with Gasteiger partial charge in [-0.15, -0.1) is 0 Å².